The highest BCUT2D eigenvalue weighted by Crippen LogP contribution is 2.56. The molecule has 0 fully saturated rings. The highest BCUT2D eigenvalue weighted by molar-refractivity contribution is 7.99. The van der Waals surface area contributed by atoms with Crippen LogP contribution in [0.1, 0.15) is 129 Å². The van der Waals surface area contributed by atoms with Gasteiger partial charge in [0.15, 0.2) is 11.0 Å². The molecule has 0 spiro atoms. The zero-order valence-electron chi connectivity index (χ0n) is 45.3. The van der Waals surface area contributed by atoms with Gasteiger partial charge in [-0.25, -0.2) is 9.13 Å². The summed E-state index contributed by atoms with van der Waals surface area (Å²) in [5, 5.41) is 0. The highest BCUT2D eigenvalue weighted by Gasteiger charge is 2.47. The maximum atomic E-state index is 2.68. The van der Waals surface area contributed by atoms with E-state index in [1.807, 2.05) is 11.8 Å². The van der Waals surface area contributed by atoms with Crippen LogP contribution >= 0.6 is 11.8 Å². The number of allylic oxidation sites excluding steroid dienone is 4. The van der Waals surface area contributed by atoms with Crippen molar-refractivity contribution >= 4 is 85.6 Å². The zero-order valence-corrected chi connectivity index (χ0v) is 46.2. The van der Waals surface area contributed by atoms with Crippen LogP contribution in [-0.2, 0) is 28.7 Å². The zero-order chi connectivity index (χ0) is 51.0. The number of anilines is 6. The van der Waals surface area contributed by atoms with Crippen molar-refractivity contribution in [3.05, 3.63) is 173 Å². The van der Waals surface area contributed by atoms with Crippen LogP contribution in [-0.4, -0.2) is 11.3 Å². The van der Waals surface area contributed by atoms with Crippen LogP contribution < -0.4 is 30.8 Å². The molecule has 0 N–H and O–H groups in total. The molecule has 0 saturated carbocycles. The van der Waals surface area contributed by atoms with E-state index in [2.05, 4.69) is 256 Å². The van der Waals surface area contributed by atoms with Crippen molar-refractivity contribution in [3.8, 4) is 22.5 Å². The normalized spacial score (nSPS) is 16.3. The van der Waals surface area contributed by atoms with Crippen LogP contribution in [0.2, 0.25) is 0 Å². The van der Waals surface area contributed by atoms with Gasteiger partial charge in [0.25, 0.3) is 12.5 Å². The first-order valence-corrected chi connectivity index (χ1v) is 27.4. The molecule has 73 heavy (non-hydrogen) atoms. The van der Waals surface area contributed by atoms with Crippen molar-refractivity contribution in [1.29, 1.82) is 0 Å². The van der Waals surface area contributed by atoms with E-state index >= 15 is 0 Å². The lowest BCUT2D eigenvalue weighted by molar-refractivity contribution is -0.634. The molecule has 5 heterocycles. The summed E-state index contributed by atoms with van der Waals surface area (Å²) in [7, 11) is 2.27. The number of rotatable bonds is 2. The summed E-state index contributed by atoms with van der Waals surface area (Å²) in [5.41, 5.74) is 27.4. The molecule has 6 heteroatoms. The van der Waals surface area contributed by atoms with E-state index in [9.17, 15) is 0 Å². The minimum atomic E-state index is -0.0540. The smallest absolute Gasteiger partial charge is 0.291 e. The first-order valence-electron chi connectivity index (χ1n) is 26.6. The predicted octanol–water partition coefficient (Wildman–Crippen LogP) is 15.7. The van der Waals surface area contributed by atoms with E-state index in [0.29, 0.717) is 0 Å². The molecule has 13 rings (SSSR count). The molecule has 1 unspecified atom stereocenters. The van der Waals surface area contributed by atoms with Crippen molar-refractivity contribution in [2.75, 3.05) is 9.80 Å². The van der Waals surface area contributed by atoms with Crippen molar-refractivity contribution in [2.24, 2.45) is 7.05 Å². The van der Waals surface area contributed by atoms with Gasteiger partial charge in [-0.2, -0.15) is 0 Å². The number of hydrogen-bond acceptors (Lipinski definition) is 3. The van der Waals surface area contributed by atoms with Gasteiger partial charge in [-0.3, -0.25) is 0 Å². The molecule has 4 nitrogen and oxygen atoms in total. The van der Waals surface area contributed by atoms with E-state index in [0.717, 1.165) is 6.42 Å². The number of imidazole rings is 1. The minimum Gasteiger partial charge on any atom is -0.311 e. The predicted molar refractivity (Wildman–Crippen MR) is 312 cm³/mol. The Hall–Kier alpha value is -6.50. The second-order valence-electron chi connectivity index (χ2n) is 25.8. The van der Waals surface area contributed by atoms with E-state index in [1.165, 1.54) is 133 Å². The van der Waals surface area contributed by atoms with Crippen LogP contribution in [0.3, 0.4) is 0 Å². The van der Waals surface area contributed by atoms with Gasteiger partial charge in [-0.15, -0.1) is 0 Å². The fraction of sp³-hybridized carbons (Fsp3) is 0.299. The molecule has 1 atom stereocenters. The van der Waals surface area contributed by atoms with Gasteiger partial charge in [0.1, 0.15) is 6.04 Å². The van der Waals surface area contributed by atoms with E-state index < -0.39 is 0 Å². The third kappa shape index (κ3) is 6.91. The lowest BCUT2D eigenvalue weighted by Gasteiger charge is -2.47. The fourth-order valence-electron chi connectivity index (χ4n) is 12.8. The lowest BCUT2D eigenvalue weighted by atomic mass is 9.33. The van der Waals surface area contributed by atoms with Crippen molar-refractivity contribution in [3.63, 3.8) is 0 Å². The second-order valence-corrected chi connectivity index (χ2v) is 26.9. The quantitative estimate of drug-likeness (QED) is 0.127. The Labute approximate surface area is 438 Å². The molecule has 1 aromatic heterocycles. The Morgan fingerprint density at radius 3 is 1.90 bits per heavy atom. The molecule has 0 amide bonds. The summed E-state index contributed by atoms with van der Waals surface area (Å²) in [4.78, 5) is 7.93. The Balaban J connectivity index is 1.13. The average Bonchev–Trinajstić information content (AvgIpc) is 3.64. The first-order chi connectivity index (χ1) is 34.6. The SMILES string of the molecule is Cc1cccc2c1-c1n(c3cc(-c4cc5c6c(c4)N4c7ccc(C(C)(C)C)cc7Sc7cc(C(C)(C)C)cc(c74)B6c4cc(C(C)(C)C)ccc4N5c4ccc(C(C)(C)C)cc4)ccc3[n+]1C)C1CC=CC=C21. The van der Waals surface area contributed by atoms with Gasteiger partial charge in [0, 0.05) is 44.5 Å². The van der Waals surface area contributed by atoms with E-state index in [1.54, 1.807) is 0 Å². The molecule has 4 aliphatic heterocycles. The van der Waals surface area contributed by atoms with Crippen molar-refractivity contribution in [2.45, 2.75) is 134 Å². The minimum absolute atomic E-state index is 0.0103. The highest BCUT2D eigenvalue weighted by atomic mass is 32.2. The van der Waals surface area contributed by atoms with E-state index in [-0.39, 0.29) is 34.4 Å². The molecular weight excluding hydrogens is 904 g/mol. The van der Waals surface area contributed by atoms with Gasteiger partial charge >= 0.3 is 0 Å². The number of hydrogen-bond donors (Lipinski definition) is 0. The summed E-state index contributed by atoms with van der Waals surface area (Å²) in [6.07, 6.45) is 7.92. The molecule has 0 saturated heterocycles. The summed E-state index contributed by atoms with van der Waals surface area (Å²) >= 11 is 1.97. The lowest BCUT2D eigenvalue weighted by Crippen LogP contribution is -2.62. The molecule has 0 radical (unpaired) electrons. The third-order valence-corrected chi connectivity index (χ3v) is 17.9. The Morgan fingerprint density at radius 2 is 1.21 bits per heavy atom. The Kier molecular flexibility index (Phi) is 9.85. The van der Waals surface area contributed by atoms with Crippen LogP contribution in [0, 0.1) is 6.92 Å². The largest absolute Gasteiger partial charge is 0.311 e. The van der Waals surface area contributed by atoms with Gasteiger partial charge < -0.3 is 9.80 Å². The average molecular weight is 972 g/mol. The number of fused-ring (bicyclic) bond motifs is 14. The Morgan fingerprint density at radius 1 is 0.575 bits per heavy atom. The topological polar surface area (TPSA) is 15.3 Å². The second kappa shape index (κ2) is 15.5. The van der Waals surface area contributed by atoms with Gasteiger partial charge in [-0.1, -0.05) is 168 Å². The molecule has 7 aromatic carbocycles. The van der Waals surface area contributed by atoms with Crippen LogP contribution in [0.15, 0.2) is 149 Å². The van der Waals surface area contributed by atoms with Crippen LogP contribution in [0.25, 0.3) is 39.1 Å². The summed E-state index contributed by atoms with van der Waals surface area (Å²) in [6.45, 7) is 30.4. The first kappa shape index (κ1) is 46.3. The Bertz CT molecular complexity index is 3760. The molecule has 1 aliphatic carbocycles. The molecule has 0 bridgehead atoms. The number of aromatic nitrogens is 2. The van der Waals surface area contributed by atoms with E-state index in [4.69, 9.17) is 0 Å². The standard InChI is InChI=1S/C67H68BN4S/c1-39-18-17-20-48-47-19-15-16-21-51(47)72-55-32-40(22-29-53(55)69(14)63(72)60(39)48)41-33-56-61-57(34-41)71-54-31-26-44(66(8,9)10)37-58(54)73-59-38-45(67(11,12)13)36-50(62(59)71)68(61)49-35-43(65(5,6)7)25-30-52(49)70(56)46-27-23-42(24-28-46)64(2,3)4/h15-20,22-38,51H,21H2,1-14H3/q+1. The maximum absolute atomic E-state index is 2.68. The monoisotopic (exact) mass is 972 g/mol. The molecule has 364 valence electrons. The van der Waals surface area contributed by atoms with Crippen LogP contribution in [0.5, 0.6) is 0 Å². The summed E-state index contributed by atoms with van der Waals surface area (Å²) in [5.74, 6) is 1.29. The van der Waals surface area contributed by atoms with Crippen molar-refractivity contribution < 1.29 is 4.57 Å². The summed E-state index contributed by atoms with van der Waals surface area (Å²) < 4.78 is 5.11. The molecule has 5 aliphatic rings. The van der Waals surface area contributed by atoms with Crippen molar-refractivity contribution in [1.82, 2.24) is 4.57 Å². The fourth-order valence-corrected chi connectivity index (χ4v) is 13.9. The van der Waals surface area contributed by atoms with Gasteiger partial charge in [0.2, 0.25) is 0 Å². The van der Waals surface area contributed by atoms with Gasteiger partial charge in [-0.05, 0) is 156 Å². The molecule has 8 aromatic rings. The third-order valence-electron chi connectivity index (χ3n) is 16.9. The number of nitrogens with zero attached hydrogens (tertiary/aromatic N) is 4. The summed E-state index contributed by atoms with van der Waals surface area (Å²) in [6, 6.07) is 48.7. The number of benzene rings is 7. The van der Waals surface area contributed by atoms with Crippen LogP contribution in [0.4, 0.5) is 34.1 Å². The van der Waals surface area contributed by atoms with Gasteiger partial charge in [0.05, 0.1) is 24.0 Å². The maximum Gasteiger partial charge on any atom is 0.291 e. The number of aryl methyl sites for hydroxylation is 2. The molecular formula is C67H68BN4S+.